The quantitative estimate of drug-likeness (QED) is 0.763. The fourth-order valence-corrected chi connectivity index (χ4v) is 4.82. The minimum absolute atomic E-state index is 0.0934. The smallest absolute Gasteiger partial charge is 0.238 e. The molecule has 8 heteroatoms. The fraction of sp³-hybridized carbons (Fsp3) is 0.619. The number of anilines is 1. The van der Waals surface area contributed by atoms with E-state index < -0.39 is 0 Å². The third kappa shape index (κ3) is 6.85. The SMILES string of the molecule is C[C@H]1C[C@H](C)CN(C(=O)CN2CCN(CC(=O)Nc3cc(Cl)cc(Cl)c3)CC2)C1. The van der Waals surface area contributed by atoms with Gasteiger partial charge in [-0.05, 0) is 36.5 Å². The maximum atomic E-state index is 12.7. The highest BCUT2D eigenvalue weighted by Crippen LogP contribution is 2.23. The number of halogens is 2. The zero-order valence-electron chi connectivity index (χ0n) is 17.2. The molecule has 6 nitrogen and oxygen atoms in total. The first-order chi connectivity index (χ1) is 13.8. The van der Waals surface area contributed by atoms with Gasteiger partial charge in [-0.15, -0.1) is 0 Å². The number of hydrogen-bond acceptors (Lipinski definition) is 4. The second kappa shape index (κ2) is 10.1. The molecule has 160 valence electrons. The van der Waals surface area contributed by atoms with Gasteiger partial charge in [-0.3, -0.25) is 19.4 Å². The Balaban J connectivity index is 1.41. The molecule has 2 saturated heterocycles. The third-order valence-corrected chi connectivity index (χ3v) is 6.00. The van der Waals surface area contributed by atoms with E-state index in [4.69, 9.17) is 23.2 Å². The van der Waals surface area contributed by atoms with E-state index >= 15 is 0 Å². The number of carbonyl (C=O) groups is 2. The van der Waals surface area contributed by atoms with Gasteiger partial charge < -0.3 is 10.2 Å². The maximum absolute atomic E-state index is 12.7. The van der Waals surface area contributed by atoms with Crippen molar-refractivity contribution in [1.29, 1.82) is 0 Å². The molecule has 29 heavy (non-hydrogen) atoms. The summed E-state index contributed by atoms with van der Waals surface area (Å²) in [6.07, 6.45) is 1.20. The molecule has 2 atom stereocenters. The Morgan fingerprint density at radius 1 is 0.931 bits per heavy atom. The van der Waals surface area contributed by atoms with Crippen LogP contribution in [0.2, 0.25) is 10.0 Å². The summed E-state index contributed by atoms with van der Waals surface area (Å²) in [5.74, 6) is 1.29. The van der Waals surface area contributed by atoms with Gasteiger partial charge in [-0.2, -0.15) is 0 Å². The van der Waals surface area contributed by atoms with Crippen molar-refractivity contribution in [3.05, 3.63) is 28.2 Å². The van der Waals surface area contributed by atoms with Gasteiger partial charge in [-0.1, -0.05) is 37.0 Å². The van der Waals surface area contributed by atoms with Gasteiger partial charge in [0.2, 0.25) is 11.8 Å². The van der Waals surface area contributed by atoms with Crippen LogP contribution in [-0.2, 0) is 9.59 Å². The van der Waals surface area contributed by atoms with Crippen LogP contribution in [0.5, 0.6) is 0 Å². The number of likely N-dealkylation sites (tertiary alicyclic amines) is 1. The number of piperidine rings is 1. The Kier molecular flexibility index (Phi) is 7.79. The van der Waals surface area contributed by atoms with Gasteiger partial charge in [0, 0.05) is 55.0 Å². The minimum Gasteiger partial charge on any atom is -0.341 e. The van der Waals surface area contributed by atoms with E-state index in [1.807, 2.05) is 4.90 Å². The predicted octanol–water partition coefficient (Wildman–Crippen LogP) is 3.05. The Morgan fingerprint density at radius 2 is 1.45 bits per heavy atom. The van der Waals surface area contributed by atoms with E-state index in [1.54, 1.807) is 18.2 Å². The van der Waals surface area contributed by atoms with Gasteiger partial charge in [0.15, 0.2) is 0 Å². The van der Waals surface area contributed by atoms with Crippen LogP contribution in [0.15, 0.2) is 18.2 Å². The van der Waals surface area contributed by atoms with Crippen LogP contribution in [0.4, 0.5) is 5.69 Å². The van der Waals surface area contributed by atoms with Crippen molar-refractivity contribution >= 4 is 40.7 Å². The second-order valence-corrected chi connectivity index (χ2v) is 9.38. The van der Waals surface area contributed by atoms with Crippen LogP contribution in [-0.4, -0.2) is 78.9 Å². The van der Waals surface area contributed by atoms with Crippen molar-refractivity contribution in [3.63, 3.8) is 0 Å². The van der Waals surface area contributed by atoms with E-state index in [0.717, 1.165) is 39.3 Å². The molecule has 0 unspecified atom stereocenters. The Morgan fingerprint density at radius 3 is 2.00 bits per heavy atom. The molecule has 0 aromatic heterocycles. The van der Waals surface area contributed by atoms with E-state index in [-0.39, 0.29) is 11.8 Å². The summed E-state index contributed by atoms with van der Waals surface area (Å²) in [5, 5.41) is 3.82. The molecular weight excluding hydrogens is 411 g/mol. The third-order valence-electron chi connectivity index (χ3n) is 5.56. The number of piperazine rings is 1. The van der Waals surface area contributed by atoms with E-state index in [0.29, 0.717) is 40.7 Å². The van der Waals surface area contributed by atoms with Crippen LogP contribution >= 0.6 is 23.2 Å². The number of benzene rings is 1. The van der Waals surface area contributed by atoms with E-state index in [1.165, 1.54) is 6.42 Å². The number of nitrogens with one attached hydrogen (secondary N) is 1. The van der Waals surface area contributed by atoms with Gasteiger partial charge in [0.25, 0.3) is 0 Å². The Hall–Kier alpha value is -1.34. The zero-order valence-corrected chi connectivity index (χ0v) is 18.7. The average molecular weight is 441 g/mol. The van der Waals surface area contributed by atoms with Crippen molar-refractivity contribution in [2.24, 2.45) is 11.8 Å². The minimum atomic E-state index is -0.0934. The normalized spacial score (nSPS) is 23.8. The van der Waals surface area contributed by atoms with Crippen molar-refractivity contribution in [2.45, 2.75) is 20.3 Å². The van der Waals surface area contributed by atoms with Crippen LogP contribution in [0.1, 0.15) is 20.3 Å². The molecule has 2 aliphatic heterocycles. The number of amides is 2. The lowest BCUT2D eigenvalue weighted by Crippen LogP contribution is -2.52. The molecule has 2 aliphatic rings. The highest BCUT2D eigenvalue weighted by molar-refractivity contribution is 6.35. The second-order valence-electron chi connectivity index (χ2n) is 8.50. The van der Waals surface area contributed by atoms with Gasteiger partial charge in [-0.25, -0.2) is 0 Å². The number of nitrogens with zero attached hydrogens (tertiary/aromatic N) is 3. The maximum Gasteiger partial charge on any atom is 0.238 e. The predicted molar refractivity (Wildman–Crippen MR) is 117 cm³/mol. The lowest BCUT2D eigenvalue weighted by atomic mass is 9.92. The van der Waals surface area contributed by atoms with E-state index in [9.17, 15) is 9.59 Å². The molecular formula is C21H30Cl2N4O2. The molecule has 0 spiro atoms. The highest BCUT2D eigenvalue weighted by Gasteiger charge is 2.27. The first kappa shape index (κ1) is 22.3. The van der Waals surface area contributed by atoms with Gasteiger partial charge in [0.05, 0.1) is 13.1 Å². The lowest BCUT2D eigenvalue weighted by Gasteiger charge is -2.38. The molecule has 2 fully saturated rings. The topological polar surface area (TPSA) is 55.9 Å². The summed E-state index contributed by atoms with van der Waals surface area (Å²) in [4.78, 5) is 31.3. The number of hydrogen-bond donors (Lipinski definition) is 1. The first-order valence-corrected chi connectivity index (χ1v) is 11.0. The van der Waals surface area contributed by atoms with Crippen LogP contribution in [0.3, 0.4) is 0 Å². The van der Waals surface area contributed by atoms with Crippen LogP contribution in [0.25, 0.3) is 0 Å². The summed E-state index contributed by atoms with van der Waals surface area (Å²) >= 11 is 11.9. The molecule has 1 N–H and O–H groups in total. The number of carbonyl (C=O) groups excluding carboxylic acids is 2. The molecule has 2 heterocycles. The highest BCUT2D eigenvalue weighted by atomic mass is 35.5. The zero-order chi connectivity index (χ0) is 21.0. The summed E-state index contributed by atoms with van der Waals surface area (Å²) in [6.45, 7) is 10.1. The summed E-state index contributed by atoms with van der Waals surface area (Å²) in [5.41, 5.74) is 0.599. The summed E-state index contributed by atoms with van der Waals surface area (Å²) < 4.78 is 0. The fourth-order valence-electron chi connectivity index (χ4n) is 4.29. The standard InChI is InChI=1S/C21H30Cl2N4O2/c1-15-7-16(2)12-27(11-15)21(29)14-26-5-3-25(4-6-26)13-20(28)24-19-9-17(22)8-18(23)10-19/h8-10,15-16H,3-7,11-14H2,1-2H3,(H,24,28)/t15-,16-/m0/s1. The summed E-state index contributed by atoms with van der Waals surface area (Å²) in [6, 6.07) is 4.98. The monoisotopic (exact) mass is 440 g/mol. The molecule has 3 rings (SSSR count). The van der Waals surface area contributed by atoms with Crippen LogP contribution < -0.4 is 5.32 Å². The van der Waals surface area contributed by atoms with Gasteiger partial charge in [0.1, 0.15) is 0 Å². The molecule has 0 bridgehead atoms. The summed E-state index contributed by atoms with van der Waals surface area (Å²) in [7, 11) is 0. The van der Waals surface area contributed by atoms with Crippen molar-refractivity contribution in [1.82, 2.24) is 14.7 Å². The molecule has 1 aromatic rings. The van der Waals surface area contributed by atoms with Crippen molar-refractivity contribution < 1.29 is 9.59 Å². The first-order valence-electron chi connectivity index (χ1n) is 10.3. The number of rotatable bonds is 5. The van der Waals surface area contributed by atoms with Crippen LogP contribution in [0, 0.1) is 11.8 Å². The molecule has 0 aliphatic carbocycles. The molecule has 1 aromatic carbocycles. The van der Waals surface area contributed by atoms with E-state index in [2.05, 4.69) is 29.0 Å². The Labute approximate surface area is 183 Å². The largest absolute Gasteiger partial charge is 0.341 e. The van der Waals surface area contributed by atoms with Crippen molar-refractivity contribution in [3.8, 4) is 0 Å². The molecule has 0 saturated carbocycles. The Bertz CT molecular complexity index is 707. The van der Waals surface area contributed by atoms with Gasteiger partial charge >= 0.3 is 0 Å². The molecule has 0 radical (unpaired) electrons. The average Bonchev–Trinajstić information content (AvgIpc) is 2.61. The lowest BCUT2D eigenvalue weighted by molar-refractivity contribution is -0.135. The van der Waals surface area contributed by atoms with Crippen molar-refractivity contribution in [2.75, 3.05) is 57.7 Å². The molecule has 2 amide bonds.